The number of nitrogens with two attached hydrogens (primary N) is 1. The Bertz CT molecular complexity index is 790. The summed E-state index contributed by atoms with van der Waals surface area (Å²) >= 11 is 0. The van der Waals surface area contributed by atoms with Crippen molar-refractivity contribution in [1.82, 2.24) is 15.0 Å². The highest BCUT2D eigenvalue weighted by atomic mass is 16.1. The predicted octanol–water partition coefficient (Wildman–Crippen LogP) is -0.160. The van der Waals surface area contributed by atoms with Gasteiger partial charge in [-0.2, -0.15) is 4.98 Å². The number of nitrogens with zero attached hydrogens (tertiary/aromatic N) is 4. The second-order valence-corrected chi connectivity index (χ2v) is 5.78. The van der Waals surface area contributed by atoms with Crippen LogP contribution in [0.15, 0.2) is 6.20 Å². The average molecular weight is 295 g/mol. The summed E-state index contributed by atoms with van der Waals surface area (Å²) in [4.78, 5) is 27.0. The summed E-state index contributed by atoms with van der Waals surface area (Å²) in [5, 5.41) is 0. The van der Waals surface area contributed by atoms with Crippen molar-refractivity contribution in [2.24, 2.45) is 0 Å². The number of hydrogen-bond donors (Lipinski definition) is 1. The van der Waals surface area contributed by atoms with E-state index in [1.807, 2.05) is 18.0 Å². The van der Waals surface area contributed by atoms with Gasteiger partial charge in [0.1, 0.15) is 5.82 Å². The number of fused-ring (bicyclic) bond motifs is 1. The smallest absolute Gasteiger partial charge is 0.221 e. The van der Waals surface area contributed by atoms with Gasteiger partial charge in [0.25, 0.3) is 0 Å². The Balaban J connectivity index is 2.00. The predicted molar refractivity (Wildman–Crippen MR) is 88.5 cm³/mol. The molecular weight excluding hydrogens is 277 g/mol. The summed E-state index contributed by atoms with van der Waals surface area (Å²) in [5.74, 6) is 0.851. The third-order valence-corrected chi connectivity index (χ3v) is 4.34. The molecule has 3 rings (SSSR count). The Morgan fingerprint density at radius 2 is 2.00 bits per heavy atom. The number of carbonyl (C=O) groups excluding carboxylic acids is 1. The van der Waals surface area contributed by atoms with Crippen LogP contribution >= 0.6 is 0 Å². The molecule has 1 aliphatic rings. The zero-order chi connectivity index (χ0) is 16.0. The Morgan fingerprint density at radius 1 is 1.27 bits per heavy atom. The topological polar surface area (TPSA) is 85.0 Å². The second kappa shape index (κ2) is 5.08. The number of Topliss-reactive ketones (excluding diaryl/α,β-unsaturated/α-hetero) is 1. The molecule has 0 aliphatic carbocycles. The van der Waals surface area contributed by atoms with Gasteiger partial charge in [-0.15, -0.1) is 0 Å². The number of nitrogen functional groups attached to an aromatic ring is 1. The minimum atomic E-state index is 0.0361. The van der Waals surface area contributed by atoms with Crippen molar-refractivity contribution in [2.75, 3.05) is 17.2 Å². The number of carbonyl (C=O) groups is 1. The quantitative estimate of drug-likeness (QED) is 0.775. The third kappa shape index (κ3) is 2.22. The van der Waals surface area contributed by atoms with Crippen LogP contribution in [0, 0.1) is 20.8 Å². The van der Waals surface area contributed by atoms with Crippen LogP contribution in [-0.4, -0.2) is 35.1 Å². The van der Waals surface area contributed by atoms with Crippen molar-refractivity contribution in [3.63, 3.8) is 0 Å². The summed E-state index contributed by atoms with van der Waals surface area (Å²) in [6.45, 7) is 7.03. The fraction of sp³-hybridized carbons (Fsp3) is 0.333. The summed E-state index contributed by atoms with van der Waals surface area (Å²) in [6, 6.07) is 0. The first-order valence-electron chi connectivity index (χ1n) is 7.22. The standard InChI is InChI=1S/C15H18BN5O/c1-7-4-18-10(9(3)8(7)2)5-21-6-11(22)12-13(16)19-15(17)20-14(12)21/h4H,5-6,16H2,1-3H3,(H2,17,19,20). The summed E-state index contributed by atoms with van der Waals surface area (Å²) in [7, 11) is 1.79. The van der Waals surface area contributed by atoms with Crippen molar-refractivity contribution < 1.29 is 4.79 Å². The number of pyridine rings is 1. The maximum absolute atomic E-state index is 12.2. The second-order valence-electron chi connectivity index (χ2n) is 5.78. The van der Waals surface area contributed by atoms with E-state index in [1.165, 1.54) is 11.1 Å². The fourth-order valence-corrected chi connectivity index (χ4v) is 2.81. The number of aryl methyl sites for hydroxylation is 1. The van der Waals surface area contributed by atoms with E-state index < -0.39 is 0 Å². The minimum absolute atomic E-state index is 0.0361. The highest BCUT2D eigenvalue weighted by Crippen LogP contribution is 2.27. The van der Waals surface area contributed by atoms with Crippen LogP contribution in [0.1, 0.15) is 32.7 Å². The van der Waals surface area contributed by atoms with E-state index in [2.05, 4.69) is 28.8 Å². The number of aromatic nitrogens is 3. The average Bonchev–Trinajstić information content (AvgIpc) is 2.76. The molecule has 22 heavy (non-hydrogen) atoms. The number of rotatable bonds is 2. The van der Waals surface area contributed by atoms with Gasteiger partial charge in [-0.05, 0) is 37.5 Å². The van der Waals surface area contributed by atoms with Gasteiger partial charge < -0.3 is 10.6 Å². The zero-order valence-electron chi connectivity index (χ0n) is 13.3. The molecule has 6 nitrogen and oxygen atoms in total. The van der Waals surface area contributed by atoms with Crippen molar-refractivity contribution in [3.8, 4) is 0 Å². The summed E-state index contributed by atoms with van der Waals surface area (Å²) in [5.41, 5.74) is 11.5. The van der Waals surface area contributed by atoms with E-state index in [-0.39, 0.29) is 11.7 Å². The van der Waals surface area contributed by atoms with Crippen molar-refractivity contribution in [2.45, 2.75) is 27.3 Å². The van der Waals surface area contributed by atoms with Gasteiger partial charge in [0.2, 0.25) is 5.95 Å². The molecule has 0 amide bonds. The lowest BCUT2D eigenvalue weighted by molar-refractivity contribution is 0.101. The lowest BCUT2D eigenvalue weighted by atomic mass is 9.97. The van der Waals surface area contributed by atoms with Crippen LogP contribution in [-0.2, 0) is 6.54 Å². The molecule has 2 N–H and O–H groups in total. The number of ketones is 1. The molecule has 0 radical (unpaired) electrons. The van der Waals surface area contributed by atoms with Crippen molar-refractivity contribution >= 4 is 31.0 Å². The molecule has 0 saturated carbocycles. The molecular formula is C15H18BN5O. The van der Waals surface area contributed by atoms with Gasteiger partial charge in [-0.25, -0.2) is 4.98 Å². The molecule has 0 fully saturated rings. The summed E-state index contributed by atoms with van der Waals surface area (Å²) < 4.78 is 0. The first-order valence-corrected chi connectivity index (χ1v) is 7.22. The molecule has 1 aliphatic heterocycles. The monoisotopic (exact) mass is 295 g/mol. The molecule has 0 atom stereocenters. The highest BCUT2D eigenvalue weighted by molar-refractivity contribution is 6.37. The molecule has 2 aromatic heterocycles. The normalized spacial score (nSPS) is 13.6. The Kier molecular flexibility index (Phi) is 3.35. The Morgan fingerprint density at radius 3 is 2.73 bits per heavy atom. The Hall–Kier alpha value is -2.44. The van der Waals surface area contributed by atoms with Crippen LogP contribution in [0.25, 0.3) is 0 Å². The molecule has 0 spiro atoms. The van der Waals surface area contributed by atoms with E-state index in [1.54, 1.807) is 7.85 Å². The fourth-order valence-electron chi connectivity index (χ4n) is 2.81. The van der Waals surface area contributed by atoms with Gasteiger partial charge in [0, 0.05) is 11.8 Å². The molecule has 7 heteroatoms. The van der Waals surface area contributed by atoms with Gasteiger partial charge in [-0.3, -0.25) is 9.78 Å². The van der Waals surface area contributed by atoms with Crippen LogP contribution in [0.3, 0.4) is 0 Å². The largest absolute Gasteiger partial charge is 0.368 e. The molecule has 0 unspecified atom stereocenters. The molecule has 3 heterocycles. The molecule has 0 saturated heterocycles. The molecule has 0 bridgehead atoms. The van der Waals surface area contributed by atoms with E-state index >= 15 is 0 Å². The van der Waals surface area contributed by atoms with Crippen LogP contribution in [0.5, 0.6) is 0 Å². The van der Waals surface area contributed by atoms with Gasteiger partial charge in [0.15, 0.2) is 13.6 Å². The van der Waals surface area contributed by atoms with E-state index in [4.69, 9.17) is 5.73 Å². The van der Waals surface area contributed by atoms with Crippen LogP contribution in [0.2, 0.25) is 0 Å². The van der Waals surface area contributed by atoms with Crippen molar-refractivity contribution in [1.29, 1.82) is 0 Å². The van der Waals surface area contributed by atoms with E-state index in [0.717, 1.165) is 11.3 Å². The number of hydrogen-bond acceptors (Lipinski definition) is 6. The lowest BCUT2D eigenvalue weighted by Gasteiger charge is -2.19. The van der Waals surface area contributed by atoms with E-state index in [0.29, 0.717) is 30.1 Å². The Labute approximate surface area is 130 Å². The maximum Gasteiger partial charge on any atom is 0.221 e. The summed E-state index contributed by atoms with van der Waals surface area (Å²) in [6.07, 6.45) is 1.87. The third-order valence-electron chi connectivity index (χ3n) is 4.34. The SMILES string of the molecule is Bc1nc(N)nc2c1C(=O)CN2Cc1ncc(C)c(C)c1C. The zero-order valence-corrected chi connectivity index (χ0v) is 13.3. The highest BCUT2D eigenvalue weighted by Gasteiger charge is 2.31. The molecule has 2 aromatic rings. The number of anilines is 2. The van der Waals surface area contributed by atoms with E-state index in [9.17, 15) is 4.79 Å². The van der Waals surface area contributed by atoms with Crippen LogP contribution in [0.4, 0.5) is 11.8 Å². The molecule has 0 aromatic carbocycles. The lowest BCUT2D eigenvalue weighted by Crippen LogP contribution is -2.24. The van der Waals surface area contributed by atoms with Gasteiger partial charge >= 0.3 is 0 Å². The molecule has 112 valence electrons. The minimum Gasteiger partial charge on any atom is -0.368 e. The van der Waals surface area contributed by atoms with Gasteiger partial charge in [-0.1, -0.05) is 0 Å². The first-order chi connectivity index (χ1) is 10.4. The first kappa shape index (κ1) is 14.5. The maximum atomic E-state index is 12.2. The van der Waals surface area contributed by atoms with Crippen LogP contribution < -0.4 is 16.2 Å². The van der Waals surface area contributed by atoms with Gasteiger partial charge in [0.05, 0.1) is 24.3 Å². The van der Waals surface area contributed by atoms with Crippen molar-refractivity contribution in [3.05, 3.63) is 34.1 Å².